The Bertz CT molecular complexity index is 1360. The topological polar surface area (TPSA) is 55.2 Å². The number of aromatic nitrogens is 2. The van der Waals surface area contributed by atoms with Crippen LogP contribution in [0, 0.1) is 0 Å². The number of nitrogens with zero attached hydrogens (tertiary/aromatic N) is 3. The zero-order valence-electron chi connectivity index (χ0n) is 19.0. The van der Waals surface area contributed by atoms with Crippen LogP contribution in [-0.4, -0.2) is 26.9 Å². The molecule has 3 aromatic carbocycles. The van der Waals surface area contributed by atoms with E-state index >= 15 is 0 Å². The monoisotopic (exact) mass is 503 g/mol. The normalized spacial score (nSPS) is 12.0. The van der Waals surface area contributed by atoms with Gasteiger partial charge < -0.3 is 4.90 Å². The number of amides is 1. The number of rotatable bonds is 6. The van der Waals surface area contributed by atoms with E-state index in [1.54, 1.807) is 21.6 Å². The maximum atomic E-state index is 13.6. The minimum atomic E-state index is -0.426. The summed E-state index contributed by atoms with van der Waals surface area (Å²) < 4.78 is 2.48. The van der Waals surface area contributed by atoms with E-state index in [-0.39, 0.29) is 11.5 Å². The maximum absolute atomic E-state index is 13.6. The van der Waals surface area contributed by atoms with Crippen LogP contribution in [0.25, 0.3) is 16.6 Å². The molecule has 0 saturated carbocycles. The van der Waals surface area contributed by atoms with Crippen LogP contribution in [0.3, 0.4) is 0 Å². The van der Waals surface area contributed by atoms with Gasteiger partial charge in [0.25, 0.3) is 11.5 Å². The molecule has 1 amide bonds. The Morgan fingerprint density at radius 1 is 1.03 bits per heavy atom. The largest absolute Gasteiger partial charge is 0.329 e. The van der Waals surface area contributed by atoms with Crippen LogP contribution in [0.5, 0.6) is 0 Å². The highest BCUT2D eigenvalue weighted by atomic mass is 79.9. The number of hydrogen-bond acceptors (Lipinski definition) is 3. The lowest BCUT2D eigenvalue weighted by molar-refractivity contribution is 0.0693. The zero-order chi connectivity index (χ0) is 23.5. The van der Waals surface area contributed by atoms with Crippen molar-refractivity contribution in [3.8, 4) is 5.69 Å². The standard InChI is InChI=1S/C27H26BrN3O2/c1-4-19-13-15-22(16-14-19)31-25(29-24-12-7-6-11-23(24)27(31)33)18(3)30(5-2)26(32)20-9-8-10-21(28)17-20/h6-18H,4-5H2,1-3H3. The Morgan fingerprint density at radius 3 is 2.42 bits per heavy atom. The quantitative estimate of drug-likeness (QED) is 0.327. The lowest BCUT2D eigenvalue weighted by Gasteiger charge is -2.29. The molecule has 6 heteroatoms. The summed E-state index contributed by atoms with van der Waals surface area (Å²) in [6.07, 6.45) is 0.916. The summed E-state index contributed by atoms with van der Waals surface area (Å²) in [7, 11) is 0. The first-order valence-corrected chi connectivity index (χ1v) is 11.9. The molecule has 33 heavy (non-hydrogen) atoms. The fraction of sp³-hybridized carbons (Fsp3) is 0.222. The van der Waals surface area contributed by atoms with Crippen molar-refractivity contribution >= 4 is 32.7 Å². The highest BCUT2D eigenvalue weighted by Gasteiger charge is 2.26. The van der Waals surface area contributed by atoms with Gasteiger partial charge in [0.15, 0.2) is 0 Å². The fourth-order valence-electron chi connectivity index (χ4n) is 4.08. The second-order valence-electron chi connectivity index (χ2n) is 7.93. The zero-order valence-corrected chi connectivity index (χ0v) is 20.5. The summed E-state index contributed by atoms with van der Waals surface area (Å²) in [4.78, 5) is 33.7. The van der Waals surface area contributed by atoms with E-state index in [0.29, 0.717) is 28.8 Å². The second kappa shape index (κ2) is 9.71. The molecule has 1 heterocycles. The van der Waals surface area contributed by atoms with Gasteiger partial charge >= 0.3 is 0 Å². The highest BCUT2D eigenvalue weighted by Crippen LogP contribution is 2.25. The van der Waals surface area contributed by atoms with E-state index in [9.17, 15) is 9.59 Å². The number of para-hydroxylation sites is 1. The Balaban J connectivity index is 1.89. The Hall–Kier alpha value is -3.25. The van der Waals surface area contributed by atoms with Crippen molar-refractivity contribution in [3.63, 3.8) is 0 Å². The Kier molecular flexibility index (Phi) is 6.75. The highest BCUT2D eigenvalue weighted by molar-refractivity contribution is 9.10. The molecule has 4 aromatic rings. The van der Waals surface area contributed by atoms with Gasteiger partial charge in [0.05, 0.1) is 22.6 Å². The first kappa shape index (κ1) is 22.9. The van der Waals surface area contributed by atoms with Gasteiger partial charge in [0, 0.05) is 16.6 Å². The van der Waals surface area contributed by atoms with Crippen LogP contribution in [0.1, 0.15) is 48.6 Å². The number of aryl methyl sites for hydroxylation is 1. The first-order chi connectivity index (χ1) is 15.9. The maximum Gasteiger partial charge on any atom is 0.266 e. The van der Waals surface area contributed by atoms with E-state index in [1.807, 2.05) is 74.5 Å². The molecular formula is C27H26BrN3O2. The minimum Gasteiger partial charge on any atom is -0.329 e. The minimum absolute atomic E-state index is 0.110. The van der Waals surface area contributed by atoms with Crippen LogP contribution in [0.15, 0.2) is 82.1 Å². The van der Waals surface area contributed by atoms with Crippen molar-refractivity contribution in [2.24, 2.45) is 0 Å². The van der Waals surface area contributed by atoms with Gasteiger partial charge in [-0.3, -0.25) is 14.2 Å². The van der Waals surface area contributed by atoms with Crippen LogP contribution in [-0.2, 0) is 6.42 Å². The summed E-state index contributed by atoms with van der Waals surface area (Å²) in [6.45, 7) is 6.43. The third-order valence-electron chi connectivity index (χ3n) is 5.92. The number of carbonyl (C=O) groups excluding carboxylic acids is 1. The molecule has 1 aromatic heterocycles. The van der Waals surface area contributed by atoms with Crippen LogP contribution in [0.4, 0.5) is 0 Å². The van der Waals surface area contributed by atoms with Gasteiger partial charge in [-0.1, -0.05) is 53.2 Å². The summed E-state index contributed by atoms with van der Waals surface area (Å²) in [6, 6.07) is 22.2. The second-order valence-corrected chi connectivity index (χ2v) is 8.84. The summed E-state index contributed by atoms with van der Waals surface area (Å²) >= 11 is 3.45. The van der Waals surface area contributed by atoms with Crippen LogP contribution < -0.4 is 5.56 Å². The summed E-state index contributed by atoms with van der Waals surface area (Å²) in [5, 5.41) is 0.550. The van der Waals surface area contributed by atoms with Gasteiger partial charge in [-0.05, 0) is 68.3 Å². The molecule has 168 valence electrons. The third kappa shape index (κ3) is 4.48. The van der Waals surface area contributed by atoms with Gasteiger partial charge in [0.1, 0.15) is 5.82 Å². The van der Waals surface area contributed by atoms with Crippen LogP contribution >= 0.6 is 15.9 Å². The molecule has 5 nitrogen and oxygen atoms in total. The first-order valence-electron chi connectivity index (χ1n) is 11.1. The molecule has 0 aliphatic rings. The molecule has 0 bridgehead atoms. The Labute approximate surface area is 201 Å². The van der Waals surface area contributed by atoms with Crippen molar-refractivity contribution in [2.45, 2.75) is 33.2 Å². The average Bonchev–Trinajstić information content (AvgIpc) is 2.84. The number of fused-ring (bicyclic) bond motifs is 1. The molecule has 0 N–H and O–H groups in total. The summed E-state index contributed by atoms with van der Waals surface area (Å²) in [5.41, 5.74) is 2.99. The number of benzene rings is 3. The number of hydrogen-bond donors (Lipinski definition) is 0. The molecule has 1 unspecified atom stereocenters. The smallest absolute Gasteiger partial charge is 0.266 e. The van der Waals surface area contributed by atoms with Crippen molar-refractivity contribution in [1.82, 2.24) is 14.5 Å². The molecular weight excluding hydrogens is 478 g/mol. The van der Waals surface area contributed by atoms with E-state index in [0.717, 1.165) is 16.6 Å². The third-order valence-corrected chi connectivity index (χ3v) is 6.41. The molecule has 0 saturated heterocycles. The number of halogens is 1. The molecule has 0 fully saturated rings. The van der Waals surface area contributed by atoms with Crippen LogP contribution in [0.2, 0.25) is 0 Å². The lowest BCUT2D eigenvalue weighted by atomic mass is 10.1. The predicted molar refractivity (Wildman–Crippen MR) is 136 cm³/mol. The van der Waals surface area contributed by atoms with E-state index in [1.165, 1.54) is 5.56 Å². The van der Waals surface area contributed by atoms with Crippen molar-refractivity contribution in [2.75, 3.05) is 6.54 Å². The van der Waals surface area contributed by atoms with E-state index in [2.05, 4.69) is 22.9 Å². The molecule has 0 aliphatic heterocycles. The van der Waals surface area contributed by atoms with Gasteiger partial charge in [-0.25, -0.2) is 4.98 Å². The number of carbonyl (C=O) groups is 1. The molecule has 4 rings (SSSR count). The van der Waals surface area contributed by atoms with Crippen molar-refractivity contribution < 1.29 is 4.79 Å². The fourth-order valence-corrected chi connectivity index (χ4v) is 4.48. The van der Waals surface area contributed by atoms with E-state index in [4.69, 9.17) is 4.98 Å². The average molecular weight is 504 g/mol. The Morgan fingerprint density at radius 2 is 1.76 bits per heavy atom. The van der Waals surface area contributed by atoms with Gasteiger partial charge in [-0.2, -0.15) is 0 Å². The molecule has 0 spiro atoms. The molecule has 1 atom stereocenters. The predicted octanol–water partition coefficient (Wildman–Crippen LogP) is 5.93. The van der Waals surface area contributed by atoms with Crippen molar-refractivity contribution in [3.05, 3.63) is 105 Å². The van der Waals surface area contributed by atoms with Gasteiger partial charge in [-0.15, -0.1) is 0 Å². The van der Waals surface area contributed by atoms with Gasteiger partial charge in [0.2, 0.25) is 0 Å². The van der Waals surface area contributed by atoms with Crippen molar-refractivity contribution in [1.29, 1.82) is 0 Å². The summed E-state index contributed by atoms with van der Waals surface area (Å²) in [5.74, 6) is 0.426. The molecule has 0 aliphatic carbocycles. The molecule has 0 radical (unpaired) electrons. The lowest BCUT2D eigenvalue weighted by Crippen LogP contribution is -2.37. The SMILES string of the molecule is CCc1ccc(-n2c(C(C)N(CC)C(=O)c3cccc(Br)c3)nc3ccccc3c2=O)cc1. The van der Waals surface area contributed by atoms with E-state index < -0.39 is 6.04 Å².